The molecule has 3 heterocycles. The zero-order valence-corrected chi connectivity index (χ0v) is 20.3. The van der Waals surface area contributed by atoms with Crippen LogP contribution in [0.5, 0.6) is 11.5 Å². The normalized spacial score (nSPS) is 13.7. The summed E-state index contributed by atoms with van der Waals surface area (Å²) in [6, 6.07) is 5.13. The van der Waals surface area contributed by atoms with Crippen LogP contribution in [0, 0.1) is 0 Å². The van der Waals surface area contributed by atoms with Gasteiger partial charge >= 0.3 is 0 Å². The quantitative estimate of drug-likeness (QED) is 0.376. The molecule has 0 atom stereocenters. The van der Waals surface area contributed by atoms with E-state index in [1.807, 2.05) is 10.9 Å². The molecule has 3 aromatic rings. The molecule has 0 aliphatic carbocycles. The van der Waals surface area contributed by atoms with Gasteiger partial charge in [0.1, 0.15) is 17.3 Å². The minimum atomic E-state index is -0.214. The Morgan fingerprint density at radius 2 is 1.97 bits per heavy atom. The molecular formula is C23H30N6O3S. The minimum Gasteiger partial charge on any atom is -0.497 e. The highest BCUT2D eigenvalue weighted by atomic mass is 32.2. The number of carbonyl (C=O) groups is 1. The number of benzene rings is 1. The summed E-state index contributed by atoms with van der Waals surface area (Å²) in [4.78, 5) is 24.7. The van der Waals surface area contributed by atoms with Crippen LogP contribution in [0.4, 0.5) is 5.82 Å². The third-order valence-electron chi connectivity index (χ3n) is 5.46. The monoisotopic (exact) mass is 470 g/mol. The largest absolute Gasteiger partial charge is 0.497 e. The fourth-order valence-corrected chi connectivity index (χ4v) is 4.57. The molecule has 33 heavy (non-hydrogen) atoms. The van der Waals surface area contributed by atoms with E-state index in [9.17, 15) is 4.79 Å². The molecule has 1 aromatic carbocycles. The van der Waals surface area contributed by atoms with E-state index in [1.54, 1.807) is 37.1 Å². The second kappa shape index (κ2) is 10.3. The molecule has 1 saturated heterocycles. The van der Waals surface area contributed by atoms with Crippen LogP contribution in [-0.4, -0.2) is 64.8 Å². The Hall–Kier alpha value is -3.01. The maximum Gasteiger partial charge on any atom is 0.255 e. The zero-order valence-electron chi connectivity index (χ0n) is 19.5. The minimum absolute atomic E-state index is 0.214. The van der Waals surface area contributed by atoms with E-state index < -0.39 is 0 Å². The molecule has 0 spiro atoms. The summed E-state index contributed by atoms with van der Waals surface area (Å²) in [6.45, 7) is 7.17. The van der Waals surface area contributed by atoms with Gasteiger partial charge in [0, 0.05) is 31.0 Å². The van der Waals surface area contributed by atoms with Crippen molar-refractivity contribution in [1.82, 2.24) is 25.1 Å². The molecule has 176 valence electrons. The van der Waals surface area contributed by atoms with Gasteiger partial charge in [-0.3, -0.25) is 4.79 Å². The van der Waals surface area contributed by atoms with Gasteiger partial charge in [-0.2, -0.15) is 5.10 Å². The average Bonchev–Trinajstić information content (AvgIpc) is 3.48. The number of carbonyl (C=O) groups excluding carboxylic acids is 1. The van der Waals surface area contributed by atoms with Crippen molar-refractivity contribution in [2.45, 2.75) is 43.6 Å². The molecule has 0 bridgehead atoms. The van der Waals surface area contributed by atoms with Gasteiger partial charge < -0.3 is 19.7 Å². The summed E-state index contributed by atoms with van der Waals surface area (Å²) >= 11 is 1.65. The topological polar surface area (TPSA) is 94.4 Å². The van der Waals surface area contributed by atoms with Crippen molar-refractivity contribution in [1.29, 1.82) is 0 Å². The molecule has 4 rings (SSSR count). The molecular weight excluding hydrogens is 440 g/mol. The molecule has 9 nitrogen and oxygen atoms in total. The van der Waals surface area contributed by atoms with E-state index in [2.05, 4.69) is 29.2 Å². The van der Waals surface area contributed by atoms with Gasteiger partial charge in [-0.15, -0.1) is 0 Å². The summed E-state index contributed by atoms with van der Waals surface area (Å²) in [5.74, 6) is 1.85. The van der Waals surface area contributed by atoms with Crippen molar-refractivity contribution >= 4 is 34.5 Å². The number of anilines is 1. The van der Waals surface area contributed by atoms with Crippen LogP contribution in [-0.2, 0) is 6.54 Å². The average molecular weight is 471 g/mol. The van der Waals surface area contributed by atoms with Gasteiger partial charge in [-0.25, -0.2) is 14.6 Å². The summed E-state index contributed by atoms with van der Waals surface area (Å²) in [5.41, 5.74) is 1.25. The number of ether oxygens (including phenoxy) is 2. The van der Waals surface area contributed by atoms with E-state index in [4.69, 9.17) is 19.4 Å². The lowest BCUT2D eigenvalue weighted by Crippen LogP contribution is -2.28. The van der Waals surface area contributed by atoms with E-state index in [-0.39, 0.29) is 5.91 Å². The second-order valence-corrected chi connectivity index (χ2v) is 9.66. The maximum absolute atomic E-state index is 12.7. The van der Waals surface area contributed by atoms with Gasteiger partial charge in [0.05, 0.1) is 37.9 Å². The third-order valence-corrected chi connectivity index (χ3v) is 6.33. The Kier molecular flexibility index (Phi) is 7.22. The van der Waals surface area contributed by atoms with Crippen molar-refractivity contribution in [3.63, 3.8) is 0 Å². The van der Waals surface area contributed by atoms with Crippen LogP contribution in [0.2, 0.25) is 0 Å². The van der Waals surface area contributed by atoms with E-state index in [0.717, 1.165) is 35.1 Å². The molecule has 0 radical (unpaired) electrons. The summed E-state index contributed by atoms with van der Waals surface area (Å²) in [7, 11) is 3.11. The van der Waals surface area contributed by atoms with Crippen molar-refractivity contribution in [2.75, 3.05) is 38.8 Å². The second-order valence-electron chi connectivity index (χ2n) is 8.12. The third kappa shape index (κ3) is 5.16. The van der Waals surface area contributed by atoms with Crippen LogP contribution in [0.25, 0.3) is 11.0 Å². The van der Waals surface area contributed by atoms with Gasteiger partial charge in [-0.1, -0.05) is 25.6 Å². The highest BCUT2D eigenvalue weighted by molar-refractivity contribution is 7.99. The van der Waals surface area contributed by atoms with Crippen molar-refractivity contribution in [2.24, 2.45) is 0 Å². The number of methoxy groups -OCH3 is 2. The predicted molar refractivity (Wildman–Crippen MR) is 130 cm³/mol. The lowest BCUT2D eigenvalue weighted by molar-refractivity contribution is 0.0949. The smallest absolute Gasteiger partial charge is 0.255 e. The summed E-state index contributed by atoms with van der Waals surface area (Å²) in [6.07, 6.45) is 4.18. The number of aromatic nitrogens is 4. The van der Waals surface area contributed by atoms with Crippen LogP contribution >= 0.6 is 11.8 Å². The summed E-state index contributed by atoms with van der Waals surface area (Å²) in [5, 5.41) is 9.60. The van der Waals surface area contributed by atoms with Crippen LogP contribution in [0.15, 0.2) is 29.6 Å². The van der Waals surface area contributed by atoms with Crippen LogP contribution in [0.1, 0.15) is 37.0 Å². The van der Waals surface area contributed by atoms with Gasteiger partial charge in [0.25, 0.3) is 5.91 Å². The first kappa shape index (κ1) is 23.2. The van der Waals surface area contributed by atoms with Gasteiger partial charge in [0.15, 0.2) is 10.8 Å². The van der Waals surface area contributed by atoms with Gasteiger partial charge in [0.2, 0.25) is 0 Å². The Balaban J connectivity index is 1.52. The molecule has 1 N–H and O–H groups in total. The molecule has 1 fully saturated rings. The van der Waals surface area contributed by atoms with Gasteiger partial charge in [-0.05, 0) is 25.0 Å². The number of nitrogens with one attached hydrogen (secondary N) is 1. The number of nitrogens with zero attached hydrogens (tertiary/aromatic N) is 5. The molecule has 1 amide bonds. The fourth-order valence-electron chi connectivity index (χ4n) is 3.87. The zero-order chi connectivity index (χ0) is 23.4. The Morgan fingerprint density at radius 3 is 2.67 bits per heavy atom. The fraction of sp³-hybridized carbons (Fsp3) is 0.478. The molecule has 0 saturated carbocycles. The number of thioether (sulfide) groups is 1. The molecule has 1 aliphatic rings. The standard InChI is InChI=1S/C23H30N6O3S/c1-15(2)33-23-26-20(28-10-5-6-11-28)18-14-25-29(21(18)27-23)12-9-24-22(30)17-8-7-16(31-3)13-19(17)32-4/h7-8,13-15H,5-6,9-12H2,1-4H3,(H,24,30). The predicted octanol–water partition coefficient (Wildman–Crippen LogP) is 3.37. The van der Waals surface area contributed by atoms with Crippen molar-refractivity contribution < 1.29 is 14.3 Å². The molecule has 1 aliphatic heterocycles. The maximum atomic E-state index is 12.7. The summed E-state index contributed by atoms with van der Waals surface area (Å²) < 4.78 is 12.4. The van der Waals surface area contributed by atoms with Crippen molar-refractivity contribution in [3.05, 3.63) is 30.0 Å². The molecule has 10 heteroatoms. The number of fused-ring (bicyclic) bond motifs is 1. The highest BCUT2D eigenvalue weighted by Crippen LogP contribution is 2.30. The van der Waals surface area contributed by atoms with E-state index in [1.165, 1.54) is 20.0 Å². The van der Waals surface area contributed by atoms with E-state index >= 15 is 0 Å². The first-order valence-corrected chi connectivity index (χ1v) is 12.0. The molecule has 2 aromatic heterocycles. The number of amides is 1. The number of rotatable bonds is 9. The van der Waals surface area contributed by atoms with Crippen LogP contribution < -0.4 is 19.7 Å². The van der Waals surface area contributed by atoms with E-state index in [0.29, 0.717) is 35.4 Å². The Labute approximate surface area is 197 Å². The first-order chi connectivity index (χ1) is 16.0. The lowest BCUT2D eigenvalue weighted by atomic mass is 10.1. The van der Waals surface area contributed by atoms with Crippen molar-refractivity contribution in [3.8, 4) is 11.5 Å². The Morgan fingerprint density at radius 1 is 1.18 bits per heavy atom. The van der Waals surface area contributed by atoms with Crippen LogP contribution in [0.3, 0.4) is 0 Å². The highest BCUT2D eigenvalue weighted by Gasteiger charge is 2.21. The SMILES string of the molecule is COc1ccc(C(=O)NCCn2ncc3c(N4CCCC4)nc(SC(C)C)nc32)c(OC)c1. The molecule has 0 unspecified atom stereocenters. The number of hydrogen-bond acceptors (Lipinski definition) is 8. The number of hydrogen-bond donors (Lipinski definition) is 1. The lowest BCUT2D eigenvalue weighted by Gasteiger charge is -2.18. The first-order valence-electron chi connectivity index (χ1n) is 11.2. The Bertz CT molecular complexity index is 1130.